The molecule has 1 N–H and O–H groups in total. The highest BCUT2D eigenvalue weighted by Gasteiger charge is 2.26. The highest BCUT2D eigenvalue weighted by Crippen LogP contribution is 2.23. The summed E-state index contributed by atoms with van der Waals surface area (Å²) in [5.41, 5.74) is 1.41. The van der Waals surface area contributed by atoms with Crippen LogP contribution in [0, 0.1) is 11.6 Å². The Balaban J connectivity index is 1.79. The Morgan fingerprint density at radius 3 is 2.62 bits per heavy atom. The molecular weight excluding hydrogens is 364 g/mol. The van der Waals surface area contributed by atoms with Crippen LogP contribution in [0.15, 0.2) is 30.6 Å². The van der Waals surface area contributed by atoms with E-state index >= 15 is 0 Å². The molecule has 1 aliphatic rings. The van der Waals surface area contributed by atoms with E-state index in [0.717, 1.165) is 18.4 Å². The van der Waals surface area contributed by atoms with Crippen LogP contribution in [0.1, 0.15) is 27.0 Å². The number of hydrogen-bond donors (Lipinski definition) is 1. The lowest BCUT2D eigenvalue weighted by molar-refractivity contribution is 0.0948. The van der Waals surface area contributed by atoms with E-state index in [1.54, 1.807) is 0 Å². The van der Waals surface area contributed by atoms with Gasteiger partial charge in [-0.25, -0.2) is 17.2 Å². The first kappa shape index (κ1) is 18.4. The summed E-state index contributed by atoms with van der Waals surface area (Å²) in [6, 6.07) is 3.49. The van der Waals surface area contributed by atoms with Gasteiger partial charge in [0.1, 0.15) is 11.6 Å². The lowest BCUT2D eigenvalue weighted by Gasteiger charge is -2.27. The lowest BCUT2D eigenvalue weighted by atomic mass is 9.98. The molecule has 0 spiro atoms. The molecule has 9 heteroatoms. The van der Waals surface area contributed by atoms with E-state index in [1.807, 2.05) is 0 Å². The van der Waals surface area contributed by atoms with Crippen molar-refractivity contribution in [1.29, 1.82) is 0 Å². The average Bonchev–Trinajstić information content (AvgIpc) is 2.59. The molecular formula is C17H17F2N3O3S. The van der Waals surface area contributed by atoms with Crippen molar-refractivity contribution in [3.05, 3.63) is 64.5 Å². The third-order valence-electron chi connectivity index (χ3n) is 4.31. The molecule has 0 bridgehead atoms. The number of nitrogens with one attached hydrogen (secondary N) is 1. The van der Waals surface area contributed by atoms with E-state index in [-0.39, 0.29) is 30.8 Å². The fraction of sp³-hybridized carbons (Fsp3) is 0.294. The van der Waals surface area contributed by atoms with Crippen molar-refractivity contribution in [2.75, 3.05) is 12.8 Å². The van der Waals surface area contributed by atoms with Crippen molar-refractivity contribution >= 4 is 15.9 Å². The van der Waals surface area contributed by atoms with Gasteiger partial charge in [-0.3, -0.25) is 9.78 Å². The molecule has 26 heavy (non-hydrogen) atoms. The molecule has 1 aromatic carbocycles. The predicted octanol–water partition coefficient (Wildman–Crippen LogP) is 1.61. The predicted molar refractivity (Wildman–Crippen MR) is 90.7 cm³/mol. The monoisotopic (exact) mass is 381 g/mol. The molecule has 2 aromatic rings. The highest BCUT2D eigenvalue weighted by molar-refractivity contribution is 7.88. The zero-order valence-corrected chi connectivity index (χ0v) is 14.8. The SMILES string of the molecule is CS(=O)(=O)N1CCc2c(cncc2C(=O)NCc2c(F)cccc2F)C1. The van der Waals surface area contributed by atoms with Crippen molar-refractivity contribution in [3.8, 4) is 0 Å². The summed E-state index contributed by atoms with van der Waals surface area (Å²) in [7, 11) is -3.34. The second-order valence-electron chi connectivity index (χ2n) is 6.05. The van der Waals surface area contributed by atoms with Gasteiger partial charge in [0.15, 0.2) is 0 Å². The molecule has 0 saturated carbocycles. The third kappa shape index (κ3) is 3.73. The first-order valence-corrected chi connectivity index (χ1v) is 9.74. The number of pyridine rings is 1. The lowest BCUT2D eigenvalue weighted by Crippen LogP contribution is -2.36. The van der Waals surface area contributed by atoms with Gasteiger partial charge in [-0.1, -0.05) is 6.07 Å². The molecule has 0 unspecified atom stereocenters. The Morgan fingerprint density at radius 1 is 1.27 bits per heavy atom. The summed E-state index contributed by atoms with van der Waals surface area (Å²) >= 11 is 0. The maximum absolute atomic E-state index is 13.7. The Bertz CT molecular complexity index is 943. The molecule has 2 heterocycles. The maximum atomic E-state index is 13.7. The molecule has 1 aromatic heterocycles. The molecule has 0 atom stereocenters. The second-order valence-corrected chi connectivity index (χ2v) is 8.04. The van der Waals surface area contributed by atoms with Crippen molar-refractivity contribution in [2.24, 2.45) is 0 Å². The minimum atomic E-state index is -3.34. The average molecular weight is 381 g/mol. The number of sulfonamides is 1. The zero-order valence-electron chi connectivity index (χ0n) is 14.0. The Kier molecular flexibility index (Phi) is 5.01. The molecule has 3 rings (SSSR count). The van der Waals surface area contributed by atoms with Crippen LogP contribution in [0.4, 0.5) is 8.78 Å². The van der Waals surface area contributed by atoms with Gasteiger partial charge in [-0.15, -0.1) is 0 Å². The number of amides is 1. The van der Waals surface area contributed by atoms with E-state index in [4.69, 9.17) is 0 Å². The summed E-state index contributed by atoms with van der Waals surface area (Å²) in [6.07, 6.45) is 4.40. The van der Waals surface area contributed by atoms with E-state index in [1.165, 1.54) is 22.8 Å². The Labute approximate surface area is 149 Å². The van der Waals surface area contributed by atoms with Gasteiger partial charge in [-0.2, -0.15) is 4.31 Å². The van der Waals surface area contributed by atoms with Crippen LogP contribution in [0.5, 0.6) is 0 Å². The third-order valence-corrected chi connectivity index (χ3v) is 5.56. The standard InChI is InChI=1S/C17H17F2N3O3S/c1-26(24,25)22-6-5-12-11(10-22)7-20-8-13(12)17(23)21-9-14-15(18)3-2-4-16(14)19/h2-4,7-8H,5-6,9-10H2,1H3,(H,21,23). The molecule has 1 amide bonds. The van der Waals surface area contributed by atoms with Crippen LogP contribution >= 0.6 is 0 Å². The first-order valence-electron chi connectivity index (χ1n) is 7.89. The number of benzene rings is 1. The summed E-state index contributed by atoms with van der Waals surface area (Å²) in [6.45, 7) is 0.110. The smallest absolute Gasteiger partial charge is 0.253 e. The van der Waals surface area contributed by atoms with Crippen molar-refractivity contribution < 1.29 is 22.0 Å². The normalized spacial score (nSPS) is 14.7. The van der Waals surface area contributed by atoms with Crippen LogP contribution in [0.25, 0.3) is 0 Å². The fourth-order valence-corrected chi connectivity index (χ4v) is 3.71. The molecule has 0 aliphatic carbocycles. The van der Waals surface area contributed by atoms with E-state index in [0.29, 0.717) is 17.5 Å². The number of carbonyl (C=O) groups excluding carboxylic acids is 1. The summed E-state index contributed by atoms with van der Waals surface area (Å²) in [4.78, 5) is 16.5. The quantitative estimate of drug-likeness (QED) is 0.873. The summed E-state index contributed by atoms with van der Waals surface area (Å²) in [5, 5.41) is 2.50. The number of carbonyl (C=O) groups is 1. The first-order chi connectivity index (χ1) is 12.3. The van der Waals surface area contributed by atoms with Crippen LogP contribution in [0.2, 0.25) is 0 Å². The van der Waals surface area contributed by atoms with Crippen LogP contribution < -0.4 is 5.32 Å². The molecule has 0 radical (unpaired) electrons. The summed E-state index contributed by atoms with van der Waals surface area (Å²) < 4.78 is 52.0. The number of hydrogen-bond acceptors (Lipinski definition) is 4. The van der Waals surface area contributed by atoms with Crippen LogP contribution in [0.3, 0.4) is 0 Å². The van der Waals surface area contributed by atoms with Crippen molar-refractivity contribution in [3.63, 3.8) is 0 Å². The topological polar surface area (TPSA) is 79.4 Å². The van der Waals surface area contributed by atoms with Crippen molar-refractivity contribution in [2.45, 2.75) is 19.5 Å². The van der Waals surface area contributed by atoms with Gasteiger partial charge in [0.2, 0.25) is 10.0 Å². The van der Waals surface area contributed by atoms with Crippen molar-refractivity contribution in [1.82, 2.24) is 14.6 Å². The molecule has 0 saturated heterocycles. The van der Waals surface area contributed by atoms with Gasteiger partial charge < -0.3 is 5.32 Å². The van der Waals surface area contributed by atoms with Crippen LogP contribution in [-0.4, -0.2) is 36.4 Å². The Morgan fingerprint density at radius 2 is 1.96 bits per heavy atom. The number of nitrogens with zero attached hydrogens (tertiary/aromatic N) is 2. The van der Waals surface area contributed by atoms with Gasteiger partial charge in [0, 0.05) is 37.6 Å². The largest absolute Gasteiger partial charge is 0.348 e. The number of halogens is 2. The second kappa shape index (κ2) is 7.08. The molecule has 138 valence electrons. The molecule has 1 aliphatic heterocycles. The van der Waals surface area contributed by atoms with Gasteiger partial charge >= 0.3 is 0 Å². The van der Waals surface area contributed by atoms with Gasteiger partial charge in [-0.05, 0) is 29.7 Å². The number of fused-ring (bicyclic) bond motifs is 1. The molecule has 6 nitrogen and oxygen atoms in total. The highest BCUT2D eigenvalue weighted by atomic mass is 32.2. The number of rotatable bonds is 4. The minimum Gasteiger partial charge on any atom is -0.348 e. The van der Waals surface area contributed by atoms with Gasteiger partial charge in [0.25, 0.3) is 5.91 Å². The summed E-state index contributed by atoms with van der Waals surface area (Å²) in [5.74, 6) is -1.98. The Hall–Kier alpha value is -2.39. The minimum absolute atomic E-state index is 0.143. The molecule has 0 fully saturated rings. The van der Waals surface area contributed by atoms with Gasteiger partial charge in [0.05, 0.1) is 11.8 Å². The number of aromatic nitrogens is 1. The van der Waals surface area contributed by atoms with E-state index < -0.39 is 27.6 Å². The zero-order chi connectivity index (χ0) is 18.9. The fourth-order valence-electron chi connectivity index (χ4n) is 2.91. The van der Waals surface area contributed by atoms with E-state index in [2.05, 4.69) is 10.3 Å². The maximum Gasteiger partial charge on any atom is 0.253 e. The van der Waals surface area contributed by atoms with E-state index in [9.17, 15) is 22.0 Å². The van der Waals surface area contributed by atoms with Crippen LogP contribution in [-0.2, 0) is 29.5 Å².